The monoisotopic (exact) mass is 311 g/mol. The van der Waals surface area contributed by atoms with E-state index in [2.05, 4.69) is 5.32 Å². The van der Waals surface area contributed by atoms with Gasteiger partial charge in [-0.05, 0) is 31.4 Å². The van der Waals surface area contributed by atoms with E-state index in [9.17, 15) is 9.59 Å². The van der Waals surface area contributed by atoms with E-state index in [0.29, 0.717) is 43.1 Å². The van der Waals surface area contributed by atoms with Crippen molar-refractivity contribution < 1.29 is 19.4 Å². The first-order valence-electron chi connectivity index (χ1n) is 6.95. The average Bonchev–Trinajstić information content (AvgIpc) is 2.40. The number of benzene rings is 1. The minimum absolute atomic E-state index is 0.00286. The molecule has 1 saturated carbocycles. The highest BCUT2D eigenvalue weighted by Gasteiger charge is 2.34. The van der Waals surface area contributed by atoms with Gasteiger partial charge in [-0.15, -0.1) is 0 Å². The van der Waals surface area contributed by atoms with Crippen molar-refractivity contribution >= 4 is 23.5 Å². The highest BCUT2D eigenvalue weighted by atomic mass is 35.5. The first kappa shape index (κ1) is 15.6. The van der Waals surface area contributed by atoms with Crippen LogP contribution in [0.5, 0.6) is 5.75 Å². The molecule has 0 saturated heterocycles. The number of carbonyl (C=O) groups excluding carboxylic acids is 1. The summed E-state index contributed by atoms with van der Waals surface area (Å²) in [5.74, 6) is -0.540. The molecule has 114 valence electrons. The van der Waals surface area contributed by atoms with Crippen LogP contribution in [0.1, 0.15) is 25.7 Å². The quantitative estimate of drug-likeness (QED) is 0.759. The number of carboxylic acid groups (broad SMARTS) is 1. The number of para-hydroxylation sites is 1. The molecule has 0 heterocycles. The lowest BCUT2D eigenvalue weighted by Gasteiger charge is -2.32. The Kier molecular flexibility index (Phi) is 5.44. The Morgan fingerprint density at radius 3 is 2.71 bits per heavy atom. The second-order valence-electron chi connectivity index (χ2n) is 5.15. The Labute approximate surface area is 128 Å². The van der Waals surface area contributed by atoms with Gasteiger partial charge in [0.25, 0.3) is 0 Å². The summed E-state index contributed by atoms with van der Waals surface area (Å²) in [7, 11) is 0. The average molecular weight is 312 g/mol. The molecule has 0 unspecified atom stereocenters. The molecule has 0 radical (unpaired) electrons. The van der Waals surface area contributed by atoms with Crippen LogP contribution < -0.4 is 10.1 Å². The van der Waals surface area contributed by atoms with Crippen LogP contribution >= 0.6 is 11.6 Å². The molecule has 1 aliphatic carbocycles. The maximum absolute atomic E-state index is 11.7. The van der Waals surface area contributed by atoms with Crippen molar-refractivity contribution in [3.8, 4) is 5.75 Å². The smallest absolute Gasteiger partial charge is 0.306 e. The largest absolute Gasteiger partial charge is 0.492 e. The second-order valence-corrected chi connectivity index (χ2v) is 5.56. The molecule has 2 rings (SSSR count). The molecule has 1 fully saturated rings. The lowest BCUT2D eigenvalue weighted by Crippen LogP contribution is -2.46. The van der Waals surface area contributed by atoms with Gasteiger partial charge >= 0.3 is 5.97 Å². The number of halogens is 1. The third-order valence-corrected chi connectivity index (χ3v) is 3.81. The first-order chi connectivity index (χ1) is 10.1. The van der Waals surface area contributed by atoms with Crippen LogP contribution in [-0.4, -0.2) is 29.6 Å². The summed E-state index contributed by atoms with van der Waals surface area (Å²) in [5, 5.41) is 12.1. The van der Waals surface area contributed by atoms with Gasteiger partial charge in [-0.3, -0.25) is 9.59 Å². The molecule has 0 atom stereocenters. The Hall–Kier alpha value is -1.75. The van der Waals surface area contributed by atoms with Crippen molar-refractivity contribution in [2.24, 2.45) is 5.92 Å². The third-order valence-electron chi connectivity index (χ3n) is 3.49. The third kappa shape index (κ3) is 4.63. The number of rotatable bonds is 7. The molecule has 0 spiro atoms. The van der Waals surface area contributed by atoms with E-state index in [0.717, 1.165) is 0 Å². The maximum Gasteiger partial charge on any atom is 0.306 e. The summed E-state index contributed by atoms with van der Waals surface area (Å²) >= 11 is 5.95. The Morgan fingerprint density at radius 2 is 2.05 bits per heavy atom. The predicted octanol–water partition coefficient (Wildman–Crippen LogP) is 2.48. The summed E-state index contributed by atoms with van der Waals surface area (Å²) in [4.78, 5) is 22.3. The Balaban J connectivity index is 1.58. The molecule has 21 heavy (non-hydrogen) atoms. The number of hydrogen-bond acceptors (Lipinski definition) is 3. The Morgan fingerprint density at radius 1 is 1.33 bits per heavy atom. The molecule has 0 aliphatic heterocycles. The second kappa shape index (κ2) is 7.31. The minimum Gasteiger partial charge on any atom is -0.492 e. The van der Waals surface area contributed by atoms with Gasteiger partial charge in [0.05, 0.1) is 17.5 Å². The van der Waals surface area contributed by atoms with Gasteiger partial charge in [-0.25, -0.2) is 0 Å². The van der Waals surface area contributed by atoms with Crippen molar-refractivity contribution in [2.45, 2.75) is 31.7 Å². The van der Waals surface area contributed by atoms with Gasteiger partial charge < -0.3 is 15.2 Å². The molecule has 1 aromatic carbocycles. The lowest BCUT2D eigenvalue weighted by molar-refractivity contribution is -0.146. The molecule has 6 heteroatoms. The molecule has 0 bridgehead atoms. The SMILES string of the molecule is O=C(CCCOc1ccccc1Cl)NC1CC(C(=O)O)C1. The topological polar surface area (TPSA) is 75.6 Å². The summed E-state index contributed by atoms with van der Waals surface area (Å²) in [5.41, 5.74) is 0. The molecule has 1 aromatic rings. The van der Waals surface area contributed by atoms with Crippen LogP contribution in [0.4, 0.5) is 0 Å². The molecule has 5 nitrogen and oxygen atoms in total. The van der Waals surface area contributed by atoms with Crippen LogP contribution in [-0.2, 0) is 9.59 Å². The van der Waals surface area contributed by atoms with E-state index in [1.807, 2.05) is 12.1 Å². The van der Waals surface area contributed by atoms with E-state index in [1.54, 1.807) is 12.1 Å². The number of hydrogen-bond donors (Lipinski definition) is 2. The molecule has 0 aromatic heterocycles. The van der Waals surface area contributed by atoms with Gasteiger partial charge in [-0.2, -0.15) is 0 Å². The van der Waals surface area contributed by atoms with Gasteiger partial charge in [0, 0.05) is 12.5 Å². The van der Waals surface area contributed by atoms with E-state index in [1.165, 1.54) is 0 Å². The van der Waals surface area contributed by atoms with Crippen molar-refractivity contribution in [3.05, 3.63) is 29.3 Å². The van der Waals surface area contributed by atoms with Crippen LogP contribution in [0.3, 0.4) is 0 Å². The van der Waals surface area contributed by atoms with Gasteiger partial charge in [0.15, 0.2) is 0 Å². The molecular weight excluding hydrogens is 294 g/mol. The summed E-state index contributed by atoms with van der Waals surface area (Å²) in [6.45, 7) is 0.416. The van der Waals surface area contributed by atoms with Gasteiger partial charge in [0.2, 0.25) is 5.91 Å². The standard InChI is InChI=1S/C15H18ClNO4/c16-12-4-1-2-5-13(12)21-7-3-6-14(18)17-11-8-10(9-11)15(19)20/h1-2,4-5,10-11H,3,6-9H2,(H,17,18)(H,19,20). The fourth-order valence-corrected chi connectivity index (χ4v) is 2.40. The Bertz CT molecular complexity index is 514. The van der Waals surface area contributed by atoms with Crippen molar-refractivity contribution in [3.63, 3.8) is 0 Å². The summed E-state index contributed by atoms with van der Waals surface area (Å²) < 4.78 is 5.49. The molecular formula is C15H18ClNO4. The fourth-order valence-electron chi connectivity index (χ4n) is 2.21. The number of aliphatic carboxylic acids is 1. The summed E-state index contributed by atoms with van der Waals surface area (Å²) in [6, 6.07) is 7.19. The predicted molar refractivity (Wildman–Crippen MR) is 78.5 cm³/mol. The van der Waals surface area contributed by atoms with Crippen LogP contribution in [0, 0.1) is 5.92 Å². The van der Waals surface area contributed by atoms with Crippen LogP contribution in [0.2, 0.25) is 5.02 Å². The highest BCUT2D eigenvalue weighted by Crippen LogP contribution is 2.27. The highest BCUT2D eigenvalue weighted by molar-refractivity contribution is 6.32. The molecule has 2 N–H and O–H groups in total. The van der Waals surface area contributed by atoms with Gasteiger partial charge in [0.1, 0.15) is 5.75 Å². The number of nitrogens with one attached hydrogen (secondary N) is 1. The van der Waals surface area contributed by atoms with Crippen molar-refractivity contribution in [2.75, 3.05) is 6.61 Å². The number of amides is 1. The fraction of sp³-hybridized carbons (Fsp3) is 0.467. The van der Waals surface area contributed by atoms with E-state index in [-0.39, 0.29) is 17.9 Å². The number of carboxylic acids is 1. The van der Waals surface area contributed by atoms with E-state index < -0.39 is 5.97 Å². The van der Waals surface area contributed by atoms with Crippen molar-refractivity contribution in [1.82, 2.24) is 5.32 Å². The summed E-state index contributed by atoms with van der Waals surface area (Å²) in [6.07, 6.45) is 2.00. The molecule has 1 amide bonds. The van der Waals surface area contributed by atoms with Crippen LogP contribution in [0.25, 0.3) is 0 Å². The van der Waals surface area contributed by atoms with E-state index in [4.69, 9.17) is 21.4 Å². The van der Waals surface area contributed by atoms with E-state index >= 15 is 0 Å². The normalized spacial score (nSPS) is 20.4. The maximum atomic E-state index is 11.7. The zero-order valence-electron chi connectivity index (χ0n) is 11.5. The minimum atomic E-state index is -0.784. The molecule has 1 aliphatic rings. The van der Waals surface area contributed by atoms with Crippen molar-refractivity contribution in [1.29, 1.82) is 0 Å². The lowest BCUT2D eigenvalue weighted by atomic mass is 9.80. The van der Waals surface area contributed by atoms with Crippen LogP contribution in [0.15, 0.2) is 24.3 Å². The zero-order valence-corrected chi connectivity index (χ0v) is 12.3. The number of carbonyl (C=O) groups is 2. The van der Waals surface area contributed by atoms with Gasteiger partial charge in [-0.1, -0.05) is 23.7 Å². The first-order valence-corrected chi connectivity index (χ1v) is 7.33. The zero-order chi connectivity index (χ0) is 15.2. The number of ether oxygens (including phenoxy) is 1.